The summed E-state index contributed by atoms with van der Waals surface area (Å²) in [6, 6.07) is 7.59. The van der Waals surface area contributed by atoms with Crippen LogP contribution in [0.25, 0.3) is 0 Å². The second-order valence-electron chi connectivity index (χ2n) is 5.00. The van der Waals surface area contributed by atoms with Crippen LogP contribution in [0.5, 0.6) is 5.75 Å². The maximum atomic E-state index is 11.9. The largest absolute Gasteiger partial charge is 0.480 e. The van der Waals surface area contributed by atoms with Gasteiger partial charge in [0.1, 0.15) is 5.75 Å². The van der Waals surface area contributed by atoms with Crippen LogP contribution in [0.4, 0.5) is 0 Å². The van der Waals surface area contributed by atoms with Gasteiger partial charge >= 0.3 is 5.97 Å². The van der Waals surface area contributed by atoms with Crippen molar-refractivity contribution in [1.82, 2.24) is 5.32 Å². The van der Waals surface area contributed by atoms with Crippen molar-refractivity contribution >= 4 is 11.9 Å². The Balaban J connectivity index is 1.73. The monoisotopic (exact) mass is 277 g/mol. The number of carbonyl (C=O) groups excluding carboxylic acids is 2. The molecule has 5 nitrogen and oxygen atoms in total. The van der Waals surface area contributed by atoms with Gasteiger partial charge in [-0.25, -0.2) is 0 Å². The van der Waals surface area contributed by atoms with E-state index in [2.05, 4.69) is 5.32 Å². The number of fused-ring (bicyclic) bond motifs is 1. The van der Waals surface area contributed by atoms with Crippen molar-refractivity contribution in [2.45, 2.75) is 38.9 Å². The first-order valence-corrected chi connectivity index (χ1v) is 6.78. The maximum Gasteiger partial charge on any atom is 0.307 e. The van der Waals surface area contributed by atoms with Crippen LogP contribution in [0, 0.1) is 0 Å². The van der Waals surface area contributed by atoms with E-state index in [1.54, 1.807) is 13.8 Å². The maximum absolute atomic E-state index is 11.9. The minimum atomic E-state index is -0.506. The molecule has 0 radical (unpaired) electrons. The first-order chi connectivity index (χ1) is 9.56. The quantitative estimate of drug-likeness (QED) is 0.827. The molecule has 1 atom stereocenters. The molecule has 5 heteroatoms. The minimum Gasteiger partial charge on any atom is -0.480 e. The highest BCUT2D eigenvalue weighted by molar-refractivity contribution is 5.83. The SMILES string of the molecule is CC(C)OC(=O)CCNC(=O)C1Cc2ccccc2O1. The van der Waals surface area contributed by atoms with Crippen molar-refractivity contribution in [1.29, 1.82) is 0 Å². The van der Waals surface area contributed by atoms with E-state index in [9.17, 15) is 9.59 Å². The van der Waals surface area contributed by atoms with E-state index in [-0.39, 0.29) is 30.9 Å². The lowest BCUT2D eigenvalue weighted by Gasteiger charge is -2.12. The Labute approximate surface area is 118 Å². The minimum absolute atomic E-state index is 0.133. The fourth-order valence-electron chi connectivity index (χ4n) is 2.05. The Kier molecular flexibility index (Phi) is 4.61. The number of ether oxygens (including phenoxy) is 2. The summed E-state index contributed by atoms with van der Waals surface area (Å²) in [5.74, 6) is 0.251. The van der Waals surface area contributed by atoms with Gasteiger partial charge in [0.15, 0.2) is 6.10 Å². The predicted molar refractivity (Wildman–Crippen MR) is 73.4 cm³/mol. The van der Waals surface area contributed by atoms with Crippen LogP contribution < -0.4 is 10.1 Å². The van der Waals surface area contributed by atoms with Gasteiger partial charge in [0, 0.05) is 13.0 Å². The zero-order chi connectivity index (χ0) is 14.5. The Morgan fingerprint density at radius 3 is 2.85 bits per heavy atom. The molecular weight excluding hydrogens is 258 g/mol. The van der Waals surface area contributed by atoms with Gasteiger partial charge in [-0.1, -0.05) is 18.2 Å². The Morgan fingerprint density at radius 1 is 1.40 bits per heavy atom. The molecule has 1 aliphatic heterocycles. The average molecular weight is 277 g/mol. The number of benzene rings is 1. The molecule has 108 valence electrons. The molecule has 1 N–H and O–H groups in total. The zero-order valence-corrected chi connectivity index (χ0v) is 11.7. The van der Waals surface area contributed by atoms with E-state index in [1.807, 2.05) is 24.3 Å². The number of carbonyl (C=O) groups is 2. The number of para-hydroxylation sites is 1. The zero-order valence-electron chi connectivity index (χ0n) is 11.7. The Hall–Kier alpha value is -2.04. The summed E-state index contributed by atoms with van der Waals surface area (Å²) in [6.45, 7) is 3.85. The molecule has 0 bridgehead atoms. The van der Waals surface area contributed by atoms with Gasteiger partial charge < -0.3 is 14.8 Å². The van der Waals surface area contributed by atoms with Gasteiger partial charge in [0.05, 0.1) is 12.5 Å². The molecule has 1 aromatic rings. The first-order valence-electron chi connectivity index (χ1n) is 6.78. The van der Waals surface area contributed by atoms with E-state index in [1.165, 1.54) is 0 Å². The van der Waals surface area contributed by atoms with Gasteiger partial charge in [-0.15, -0.1) is 0 Å². The molecule has 2 rings (SSSR count). The van der Waals surface area contributed by atoms with Crippen molar-refractivity contribution in [3.8, 4) is 5.75 Å². The smallest absolute Gasteiger partial charge is 0.307 e. The van der Waals surface area contributed by atoms with Crippen LogP contribution >= 0.6 is 0 Å². The second kappa shape index (κ2) is 6.41. The van der Waals surface area contributed by atoms with Gasteiger partial charge in [0.2, 0.25) is 0 Å². The summed E-state index contributed by atoms with van der Waals surface area (Å²) in [4.78, 5) is 23.3. The summed E-state index contributed by atoms with van der Waals surface area (Å²) < 4.78 is 10.5. The van der Waals surface area contributed by atoms with Crippen LogP contribution in [0.3, 0.4) is 0 Å². The topological polar surface area (TPSA) is 64.6 Å². The van der Waals surface area contributed by atoms with Crippen molar-refractivity contribution in [3.63, 3.8) is 0 Å². The van der Waals surface area contributed by atoms with E-state index >= 15 is 0 Å². The molecule has 0 fully saturated rings. The molecule has 0 aliphatic carbocycles. The Morgan fingerprint density at radius 2 is 2.15 bits per heavy atom. The van der Waals surface area contributed by atoms with Crippen LogP contribution in [-0.2, 0) is 20.7 Å². The number of rotatable bonds is 5. The Bertz CT molecular complexity index is 473. The first kappa shape index (κ1) is 14.4. The van der Waals surface area contributed by atoms with Crippen LogP contribution in [0.2, 0.25) is 0 Å². The lowest BCUT2D eigenvalue weighted by atomic mass is 10.1. The summed E-state index contributed by atoms with van der Waals surface area (Å²) in [5, 5.41) is 2.70. The molecule has 0 spiro atoms. The number of hydrogen-bond donors (Lipinski definition) is 1. The van der Waals surface area contributed by atoms with Crippen LogP contribution in [0.1, 0.15) is 25.8 Å². The normalized spacial score (nSPS) is 16.4. The molecule has 1 aliphatic rings. The molecule has 1 unspecified atom stereocenters. The lowest BCUT2D eigenvalue weighted by molar-refractivity contribution is -0.147. The summed E-state index contributed by atoms with van der Waals surface area (Å²) in [6.07, 6.45) is 0.0987. The lowest BCUT2D eigenvalue weighted by Crippen LogP contribution is -2.38. The summed E-state index contributed by atoms with van der Waals surface area (Å²) in [7, 11) is 0. The van der Waals surface area contributed by atoms with Crippen LogP contribution in [-0.4, -0.2) is 30.6 Å². The molecule has 20 heavy (non-hydrogen) atoms. The summed E-state index contributed by atoms with van der Waals surface area (Å²) in [5.41, 5.74) is 1.03. The van der Waals surface area contributed by atoms with E-state index in [0.717, 1.165) is 11.3 Å². The number of esters is 1. The number of amides is 1. The van der Waals surface area contributed by atoms with E-state index < -0.39 is 6.10 Å². The predicted octanol–water partition coefficient (Wildman–Crippen LogP) is 1.45. The van der Waals surface area contributed by atoms with Crippen molar-refractivity contribution in [2.75, 3.05) is 6.54 Å². The number of nitrogens with one attached hydrogen (secondary N) is 1. The molecule has 0 aromatic heterocycles. The third-order valence-corrected chi connectivity index (χ3v) is 2.94. The third-order valence-electron chi connectivity index (χ3n) is 2.94. The van der Waals surface area contributed by atoms with Gasteiger partial charge in [0.25, 0.3) is 5.91 Å². The highest BCUT2D eigenvalue weighted by atomic mass is 16.5. The molecule has 0 saturated heterocycles. The van der Waals surface area contributed by atoms with Crippen molar-refractivity contribution in [3.05, 3.63) is 29.8 Å². The van der Waals surface area contributed by atoms with Crippen molar-refractivity contribution in [2.24, 2.45) is 0 Å². The second-order valence-corrected chi connectivity index (χ2v) is 5.00. The molecule has 1 amide bonds. The third kappa shape index (κ3) is 3.73. The molecule has 1 heterocycles. The highest BCUT2D eigenvalue weighted by Crippen LogP contribution is 2.27. The number of hydrogen-bond acceptors (Lipinski definition) is 4. The van der Waals surface area contributed by atoms with Crippen LogP contribution in [0.15, 0.2) is 24.3 Å². The molecular formula is C15H19NO4. The van der Waals surface area contributed by atoms with Gasteiger partial charge in [-0.05, 0) is 25.5 Å². The van der Waals surface area contributed by atoms with Crippen molar-refractivity contribution < 1.29 is 19.1 Å². The average Bonchev–Trinajstić information content (AvgIpc) is 2.81. The molecule has 1 aromatic carbocycles. The molecule has 0 saturated carbocycles. The van der Waals surface area contributed by atoms with E-state index in [0.29, 0.717) is 6.42 Å². The standard InChI is InChI=1S/C15H19NO4/c1-10(2)19-14(17)7-8-16-15(18)13-9-11-5-3-4-6-12(11)20-13/h3-6,10,13H,7-9H2,1-2H3,(H,16,18). The highest BCUT2D eigenvalue weighted by Gasteiger charge is 2.28. The fourth-order valence-corrected chi connectivity index (χ4v) is 2.05. The summed E-state index contributed by atoms with van der Waals surface area (Å²) >= 11 is 0. The fraction of sp³-hybridized carbons (Fsp3) is 0.467. The van der Waals surface area contributed by atoms with Gasteiger partial charge in [-0.3, -0.25) is 9.59 Å². The van der Waals surface area contributed by atoms with E-state index in [4.69, 9.17) is 9.47 Å². The van der Waals surface area contributed by atoms with Gasteiger partial charge in [-0.2, -0.15) is 0 Å².